The van der Waals surface area contributed by atoms with Gasteiger partial charge in [-0.2, -0.15) is 10.5 Å². The molecule has 1 aromatic heterocycles. The third-order valence-corrected chi connectivity index (χ3v) is 1.45. The third kappa shape index (κ3) is 1.58. The predicted octanol–water partition coefficient (Wildman–Crippen LogP) is 0.624. The first-order valence-corrected chi connectivity index (χ1v) is 3.46. The fourth-order valence-electron chi connectivity index (χ4n) is 0.764. The molecule has 1 heterocycles. The van der Waals surface area contributed by atoms with Gasteiger partial charge in [0.1, 0.15) is 12.4 Å². The molecule has 60 valence electrons. The van der Waals surface area contributed by atoms with Crippen LogP contribution in [0.1, 0.15) is 25.2 Å². The molecule has 5 nitrogen and oxygen atoms in total. The number of hydrogen-bond acceptors (Lipinski definition) is 4. The summed E-state index contributed by atoms with van der Waals surface area (Å²) in [4.78, 5) is 3.72. The summed E-state index contributed by atoms with van der Waals surface area (Å²) in [6.45, 7) is 1.85. The third-order valence-electron chi connectivity index (χ3n) is 1.45. The highest BCUT2D eigenvalue weighted by molar-refractivity contribution is 5.05. The van der Waals surface area contributed by atoms with E-state index in [9.17, 15) is 0 Å². The van der Waals surface area contributed by atoms with Crippen molar-refractivity contribution in [3.63, 3.8) is 0 Å². The highest BCUT2D eigenvalue weighted by Gasteiger charge is 2.05. The van der Waals surface area contributed by atoms with Crippen LogP contribution in [0, 0.1) is 22.7 Å². The molecular weight excluding hydrogens is 154 g/mol. The second-order valence-electron chi connectivity index (χ2n) is 2.37. The van der Waals surface area contributed by atoms with Crippen molar-refractivity contribution in [1.29, 1.82) is 10.5 Å². The first-order valence-electron chi connectivity index (χ1n) is 3.46. The van der Waals surface area contributed by atoms with E-state index in [1.165, 1.54) is 11.0 Å². The minimum absolute atomic E-state index is 0.0235. The lowest BCUT2D eigenvalue weighted by Gasteiger charge is -2.04. The van der Waals surface area contributed by atoms with Crippen molar-refractivity contribution in [3.8, 4) is 12.1 Å². The molecule has 0 bridgehead atoms. The van der Waals surface area contributed by atoms with Crippen LogP contribution in [0.4, 0.5) is 0 Å². The van der Waals surface area contributed by atoms with E-state index in [2.05, 4.69) is 10.1 Å². The zero-order valence-electron chi connectivity index (χ0n) is 6.60. The quantitative estimate of drug-likeness (QED) is 0.637. The Labute approximate surface area is 69.9 Å². The molecule has 0 spiro atoms. The van der Waals surface area contributed by atoms with E-state index < -0.39 is 0 Å². The van der Waals surface area contributed by atoms with Crippen LogP contribution in [0.2, 0.25) is 0 Å². The summed E-state index contributed by atoms with van der Waals surface area (Å²) in [5.41, 5.74) is 0. The Balaban J connectivity index is 2.77. The monoisotopic (exact) mass is 161 g/mol. The predicted molar refractivity (Wildman–Crippen MR) is 39.7 cm³/mol. The van der Waals surface area contributed by atoms with Crippen molar-refractivity contribution < 1.29 is 0 Å². The largest absolute Gasteiger partial charge is 0.252 e. The van der Waals surface area contributed by atoms with Gasteiger partial charge in [0.05, 0.1) is 18.5 Å². The number of aromatic nitrogens is 3. The van der Waals surface area contributed by atoms with Crippen LogP contribution in [0.15, 0.2) is 6.33 Å². The summed E-state index contributed by atoms with van der Waals surface area (Å²) in [6, 6.07) is 3.82. The lowest BCUT2D eigenvalue weighted by molar-refractivity contribution is 0.498. The standard InChI is InChI=1S/C7H7N5/c1-6(2-3-8)12-5-10-7(4-9)11-12/h5-6H,2H2,1H3. The van der Waals surface area contributed by atoms with E-state index in [0.717, 1.165) is 0 Å². The Kier molecular flexibility index (Phi) is 2.39. The number of nitrogens with zero attached hydrogens (tertiary/aromatic N) is 5. The summed E-state index contributed by atoms with van der Waals surface area (Å²) in [6.07, 6.45) is 1.83. The van der Waals surface area contributed by atoms with Gasteiger partial charge < -0.3 is 0 Å². The Bertz CT molecular complexity index is 339. The minimum Gasteiger partial charge on any atom is -0.248 e. The van der Waals surface area contributed by atoms with Crippen molar-refractivity contribution >= 4 is 0 Å². The van der Waals surface area contributed by atoms with Crippen molar-refractivity contribution in [2.24, 2.45) is 0 Å². The van der Waals surface area contributed by atoms with E-state index in [1.807, 2.05) is 19.1 Å². The zero-order chi connectivity index (χ0) is 8.97. The Hall–Kier alpha value is -1.88. The molecular formula is C7H7N5. The topological polar surface area (TPSA) is 78.3 Å². The normalized spacial score (nSPS) is 11.6. The van der Waals surface area contributed by atoms with Crippen LogP contribution < -0.4 is 0 Å². The number of rotatable bonds is 2. The molecule has 12 heavy (non-hydrogen) atoms. The van der Waals surface area contributed by atoms with Crippen molar-refractivity contribution in [2.75, 3.05) is 0 Å². The molecule has 0 amide bonds. The first-order chi connectivity index (χ1) is 5.77. The molecule has 0 saturated carbocycles. The van der Waals surface area contributed by atoms with Gasteiger partial charge in [0.25, 0.3) is 5.82 Å². The maximum atomic E-state index is 8.41. The lowest BCUT2D eigenvalue weighted by Crippen LogP contribution is -2.04. The summed E-state index contributed by atoms with van der Waals surface area (Å²) in [5.74, 6) is 0.139. The van der Waals surface area contributed by atoms with E-state index in [4.69, 9.17) is 10.5 Å². The van der Waals surface area contributed by atoms with Gasteiger partial charge in [0.15, 0.2) is 0 Å². The highest BCUT2D eigenvalue weighted by Crippen LogP contribution is 2.06. The van der Waals surface area contributed by atoms with Gasteiger partial charge in [0.2, 0.25) is 0 Å². The fourth-order valence-corrected chi connectivity index (χ4v) is 0.764. The van der Waals surface area contributed by atoms with Gasteiger partial charge in [-0.1, -0.05) is 0 Å². The summed E-state index contributed by atoms with van der Waals surface area (Å²) in [5, 5.41) is 20.6. The molecule has 0 radical (unpaired) electrons. The van der Waals surface area contributed by atoms with Crippen molar-refractivity contribution in [3.05, 3.63) is 12.2 Å². The number of nitriles is 2. The Morgan fingerprint density at radius 2 is 2.42 bits per heavy atom. The molecule has 0 fully saturated rings. The average Bonchev–Trinajstić information content (AvgIpc) is 2.52. The van der Waals surface area contributed by atoms with Crippen LogP contribution in [-0.4, -0.2) is 14.8 Å². The molecule has 0 aliphatic heterocycles. The molecule has 1 unspecified atom stereocenters. The van der Waals surface area contributed by atoms with E-state index in [-0.39, 0.29) is 11.9 Å². The molecule has 0 aliphatic carbocycles. The molecule has 1 rings (SSSR count). The number of hydrogen-bond donors (Lipinski definition) is 0. The van der Waals surface area contributed by atoms with Crippen LogP contribution in [0.3, 0.4) is 0 Å². The van der Waals surface area contributed by atoms with E-state index in [1.54, 1.807) is 0 Å². The molecule has 1 aromatic rings. The molecule has 0 saturated heterocycles. The van der Waals surface area contributed by atoms with Crippen molar-refractivity contribution in [1.82, 2.24) is 14.8 Å². The van der Waals surface area contributed by atoms with Gasteiger partial charge in [-0.25, -0.2) is 9.67 Å². The van der Waals surface area contributed by atoms with E-state index >= 15 is 0 Å². The van der Waals surface area contributed by atoms with Crippen LogP contribution in [0.25, 0.3) is 0 Å². The van der Waals surface area contributed by atoms with Gasteiger partial charge >= 0.3 is 0 Å². The van der Waals surface area contributed by atoms with Crippen molar-refractivity contribution in [2.45, 2.75) is 19.4 Å². The maximum absolute atomic E-state index is 8.41. The van der Waals surface area contributed by atoms with Gasteiger partial charge in [0, 0.05) is 0 Å². The summed E-state index contributed by atoms with van der Waals surface area (Å²) >= 11 is 0. The molecule has 0 N–H and O–H groups in total. The van der Waals surface area contributed by atoms with Crippen LogP contribution in [0.5, 0.6) is 0 Å². The molecule has 0 aromatic carbocycles. The fraction of sp³-hybridized carbons (Fsp3) is 0.429. The van der Waals surface area contributed by atoms with Gasteiger partial charge in [-0.15, -0.1) is 5.10 Å². The van der Waals surface area contributed by atoms with E-state index in [0.29, 0.717) is 6.42 Å². The molecule has 0 aliphatic rings. The zero-order valence-corrected chi connectivity index (χ0v) is 6.60. The smallest absolute Gasteiger partial charge is 0.248 e. The van der Waals surface area contributed by atoms with Crippen LogP contribution in [-0.2, 0) is 0 Å². The van der Waals surface area contributed by atoms with Gasteiger partial charge in [-0.3, -0.25) is 0 Å². The molecule has 1 atom stereocenters. The molecule has 5 heteroatoms. The van der Waals surface area contributed by atoms with Gasteiger partial charge in [-0.05, 0) is 6.92 Å². The second kappa shape index (κ2) is 3.49. The summed E-state index contributed by atoms with van der Waals surface area (Å²) < 4.78 is 1.52. The first kappa shape index (κ1) is 8.22. The Morgan fingerprint density at radius 1 is 1.67 bits per heavy atom. The summed E-state index contributed by atoms with van der Waals surface area (Å²) in [7, 11) is 0. The maximum Gasteiger partial charge on any atom is 0.252 e. The van der Waals surface area contributed by atoms with Crippen LogP contribution >= 0.6 is 0 Å². The highest BCUT2D eigenvalue weighted by atomic mass is 15.3. The lowest BCUT2D eigenvalue weighted by atomic mass is 10.3. The average molecular weight is 161 g/mol. The minimum atomic E-state index is -0.0235. The second-order valence-corrected chi connectivity index (χ2v) is 2.37. The Morgan fingerprint density at radius 3 is 2.92 bits per heavy atom. The SMILES string of the molecule is CC(CC#N)n1cnc(C#N)n1.